The molecule has 3 atom stereocenters. The largest absolute Gasteiger partial charge is 0.433 e. The summed E-state index contributed by atoms with van der Waals surface area (Å²) in [5.74, 6) is -0.0521. The third-order valence-electron chi connectivity index (χ3n) is 6.39. The van der Waals surface area contributed by atoms with Gasteiger partial charge in [-0.2, -0.15) is 13.2 Å². The Morgan fingerprint density at radius 3 is 2.50 bits per heavy atom. The van der Waals surface area contributed by atoms with Crippen LogP contribution in [0.4, 0.5) is 13.2 Å². The van der Waals surface area contributed by atoms with Gasteiger partial charge >= 0.3 is 6.18 Å². The number of benzene rings is 1. The zero-order chi connectivity index (χ0) is 23.3. The van der Waals surface area contributed by atoms with Crippen LogP contribution in [0.25, 0.3) is 11.3 Å². The van der Waals surface area contributed by atoms with Gasteiger partial charge in [-0.05, 0) is 43.1 Å². The lowest BCUT2D eigenvalue weighted by Crippen LogP contribution is -2.41. The van der Waals surface area contributed by atoms with Crippen LogP contribution in [-0.2, 0) is 11.0 Å². The van der Waals surface area contributed by atoms with Gasteiger partial charge in [0.1, 0.15) is 5.69 Å². The number of thioether (sulfide) groups is 1. The number of nitrogens with zero attached hydrogens (tertiary/aromatic N) is 3. The highest BCUT2D eigenvalue weighted by atomic mass is 32.2. The van der Waals surface area contributed by atoms with Crippen molar-refractivity contribution in [2.45, 2.75) is 69.6 Å². The summed E-state index contributed by atoms with van der Waals surface area (Å²) in [6.45, 7) is 9.14. The van der Waals surface area contributed by atoms with E-state index in [0.717, 1.165) is 37.1 Å². The molecule has 1 aliphatic heterocycles. The molecule has 2 bridgehead atoms. The molecular weight excluding hydrogens is 435 g/mol. The highest BCUT2D eigenvalue weighted by Crippen LogP contribution is 2.52. The van der Waals surface area contributed by atoms with Crippen molar-refractivity contribution in [1.29, 1.82) is 0 Å². The fourth-order valence-electron chi connectivity index (χ4n) is 5.54. The van der Waals surface area contributed by atoms with E-state index in [1.54, 1.807) is 37.3 Å². The zero-order valence-corrected chi connectivity index (χ0v) is 19.6. The lowest BCUT2D eigenvalue weighted by Gasteiger charge is -2.39. The summed E-state index contributed by atoms with van der Waals surface area (Å²) in [6.07, 6.45) is -1.60. The van der Waals surface area contributed by atoms with Gasteiger partial charge in [-0.25, -0.2) is 9.97 Å². The first-order valence-electron chi connectivity index (χ1n) is 10.8. The van der Waals surface area contributed by atoms with Gasteiger partial charge < -0.3 is 4.90 Å². The summed E-state index contributed by atoms with van der Waals surface area (Å²) >= 11 is 0.997. The minimum atomic E-state index is -4.60. The second-order valence-corrected chi connectivity index (χ2v) is 11.5. The molecule has 1 amide bonds. The van der Waals surface area contributed by atoms with Crippen LogP contribution in [0.1, 0.15) is 52.7 Å². The molecular formula is C24H28F3N3OS. The number of carbonyl (C=O) groups excluding carboxylic acids is 1. The predicted molar refractivity (Wildman–Crippen MR) is 119 cm³/mol. The van der Waals surface area contributed by atoms with Crippen molar-refractivity contribution in [3.05, 3.63) is 42.1 Å². The molecule has 4 nitrogen and oxygen atoms in total. The predicted octanol–water partition coefficient (Wildman–Crippen LogP) is 6.07. The monoisotopic (exact) mass is 463 g/mol. The second kappa shape index (κ2) is 8.04. The van der Waals surface area contributed by atoms with Crippen LogP contribution in [-0.4, -0.2) is 38.6 Å². The number of rotatable bonds is 4. The van der Waals surface area contributed by atoms with Crippen LogP contribution in [0.5, 0.6) is 0 Å². The molecule has 2 aromatic rings. The Hall–Kier alpha value is -2.09. The Labute approximate surface area is 191 Å². The van der Waals surface area contributed by atoms with Gasteiger partial charge in [0.2, 0.25) is 5.91 Å². The number of likely N-dealkylation sites (tertiary alicyclic amines) is 1. The molecule has 32 heavy (non-hydrogen) atoms. The fourth-order valence-corrected chi connectivity index (χ4v) is 6.39. The fraction of sp³-hybridized carbons (Fsp3) is 0.542. The highest BCUT2D eigenvalue weighted by Gasteiger charge is 2.51. The van der Waals surface area contributed by atoms with Crippen LogP contribution >= 0.6 is 11.8 Å². The van der Waals surface area contributed by atoms with E-state index in [1.165, 1.54) is 0 Å². The summed E-state index contributed by atoms with van der Waals surface area (Å²) in [7, 11) is 0. The topological polar surface area (TPSA) is 46.1 Å². The lowest BCUT2D eigenvalue weighted by molar-refractivity contribution is -0.141. The smallest absolute Gasteiger partial charge is 0.338 e. The van der Waals surface area contributed by atoms with Crippen molar-refractivity contribution >= 4 is 17.7 Å². The lowest BCUT2D eigenvalue weighted by atomic mass is 9.65. The van der Waals surface area contributed by atoms with E-state index < -0.39 is 17.1 Å². The molecule has 2 heterocycles. The molecule has 8 heteroatoms. The van der Waals surface area contributed by atoms with Gasteiger partial charge in [0.25, 0.3) is 0 Å². The Morgan fingerprint density at radius 2 is 1.84 bits per heavy atom. The molecule has 1 aromatic heterocycles. The molecule has 0 unspecified atom stereocenters. The Balaban J connectivity index is 1.58. The molecule has 2 fully saturated rings. The number of alkyl halides is 3. The average Bonchev–Trinajstić information content (AvgIpc) is 2.95. The maximum atomic E-state index is 13.5. The normalized spacial score (nSPS) is 25.6. The minimum Gasteiger partial charge on any atom is -0.338 e. The Morgan fingerprint density at radius 1 is 1.16 bits per heavy atom. The molecule has 0 spiro atoms. The number of hydrogen-bond acceptors (Lipinski definition) is 4. The van der Waals surface area contributed by atoms with Crippen LogP contribution < -0.4 is 0 Å². The summed E-state index contributed by atoms with van der Waals surface area (Å²) in [4.78, 5) is 23.3. The van der Waals surface area contributed by atoms with Gasteiger partial charge in [0.05, 0.1) is 10.9 Å². The minimum absolute atomic E-state index is 0.0340. The molecule has 2 aliphatic rings. The molecule has 4 rings (SSSR count). The maximum absolute atomic E-state index is 13.5. The average molecular weight is 464 g/mol. The Kier molecular flexibility index (Phi) is 5.80. The maximum Gasteiger partial charge on any atom is 0.433 e. The molecule has 1 aliphatic carbocycles. The SMILES string of the molecule is C[C@@H](Sc1nc(-c2ccccc2)cc(C(F)(F)F)n1)C(=O)N1C[C@]2(C)C[C@@H]1CC(C)(C)C2. The van der Waals surface area contributed by atoms with Crippen molar-refractivity contribution in [3.8, 4) is 11.3 Å². The van der Waals surface area contributed by atoms with Gasteiger partial charge in [0.15, 0.2) is 5.16 Å². The number of aromatic nitrogens is 2. The quantitative estimate of drug-likeness (QED) is 0.408. The van der Waals surface area contributed by atoms with E-state index in [9.17, 15) is 18.0 Å². The molecule has 172 valence electrons. The summed E-state index contributed by atoms with van der Waals surface area (Å²) < 4.78 is 40.5. The third kappa shape index (κ3) is 4.80. The van der Waals surface area contributed by atoms with Crippen LogP contribution in [0.15, 0.2) is 41.6 Å². The van der Waals surface area contributed by atoms with E-state index in [2.05, 4.69) is 30.7 Å². The van der Waals surface area contributed by atoms with Crippen LogP contribution in [0, 0.1) is 10.8 Å². The number of carbonyl (C=O) groups is 1. The molecule has 1 saturated carbocycles. The molecule has 0 radical (unpaired) electrons. The van der Waals surface area contributed by atoms with E-state index >= 15 is 0 Å². The van der Waals surface area contributed by atoms with Crippen LogP contribution in [0.2, 0.25) is 0 Å². The number of hydrogen-bond donors (Lipinski definition) is 0. The highest BCUT2D eigenvalue weighted by molar-refractivity contribution is 8.00. The van der Waals surface area contributed by atoms with Crippen molar-refractivity contribution in [1.82, 2.24) is 14.9 Å². The van der Waals surface area contributed by atoms with E-state index in [-0.39, 0.29) is 33.6 Å². The van der Waals surface area contributed by atoms with Gasteiger partial charge in [0, 0.05) is 18.2 Å². The van der Waals surface area contributed by atoms with Gasteiger partial charge in [-0.1, -0.05) is 62.9 Å². The molecule has 1 saturated heterocycles. The first-order chi connectivity index (χ1) is 14.9. The first-order valence-corrected chi connectivity index (χ1v) is 11.7. The van der Waals surface area contributed by atoms with E-state index in [1.807, 2.05) is 4.90 Å². The van der Waals surface area contributed by atoms with Gasteiger partial charge in [-0.15, -0.1) is 0 Å². The van der Waals surface area contributed by atoms with Gasteiger partial charge in [-0.3, -0.25) is 4.79 Å². The van der Waals surface area contributed by atoms with Crippen LogP contribution in [0.3, 0.4) is 0 Å². The third-order valence-corrected chi connectivity index (χ3v) is 7.34. The zero-order valence-electron chi connectivity index (χ0n) is 18.7. The molecule has 0 N–H and O–H groups in total. The number of fused-ring (bicyclic) bond motifs is 2. The summed E-state index contributed by atoms with van der Waals surface area (Å²) in [6, 6.07) is 9.84. The van der Waals surface area contributed by atoms with E-state index in [4.69, 9.17) is 0 Å². The van der Waals surface area contributed by atoms with Crippen molar-refractivity contribution in [2.24, 2.45) is 10.8 Å². The number of halogens is 3. The van der Waals surface area contributed by atoms with Crippen molar-refractivity contribution in [3.63, 3.8) is 0 Å². The second-order valence-electron chi connectivity index (χ2n) is 10.2. The summed E-state index contributed by atoms with van der Waals surface area (Å²) in [5.41, 5.74) is 0.0446. The van der Waals surface area contributed by atoms with Crippen molar-refractivity contribution in [2.75, 3.05) is 6.54 Å². The number of amides is 1. The first kappa shape index (κ1) is 23.1. The Bertz CT molecular complexity index is 1010. The summed E-state index contributed by atoms with van der Waals surface area (Å²) in [5, 5.41) is -0.610. The van der Waals surface area contributed by atoms with E-state index in [0.29, 0.717) is 12.1 Å². The standard InChI is InChI=1S/C24H28F3N3OS/c1-15(20(31)30-14-23(4)12-17(30)11-22(2,3)13-23)32-21-28-18(16-8-6-5-7-9-16)10-19(29-21)24(25,26)27/h5-10,15,17H,11-14H2,1-4H3/t15-,17+,23-/m1/s1. The van der Waals surface area contributed by atoms with Crippen molar-refractivity contribution < 1.29 is 18.0 Å². The molecule has 1 aromatic carbocycles.